The van der Waals surface area contributed by atoms with Crippen molar-refractivity contribution in [2.24, 2.45) is 0 Å². The summed E-state index contributed by atoms with van der Waals surface area (Å²) in [6.07, 6.45) is 1.36. The van der Waals surface area contributed by atoms with Crippen molar-refractivity contribution >= 4 is 17.6 Å². The van der Waals surface area contributed by atoms with Crippen LogP contribution in [0.15, 0.2) is 6.20 Å². The zero-order valence-corrected chi connectivity index (χ0v) is 8.13. The number of halogens is 1. The molecule has 0 atom stereocenters. The third kappa shape index (κ3) is 2.39. The Morgan fingerprint density at radius 3 is 2.92 bits per heavy atom. The third-order valence-electron chi connectivity index (χ3n) is 1.36. The van der Waals surface area contributed by atoms with Gasteiger partial charge in [0.05, 0.1) is 6.61 Å². The fraction of sp³-hybridized carbons (Fsp3) is 0.375. The Kier molecular flexibility index (Phi) is 3.19. The maximum atomic E-state index is 11.2. The lowest BCUT2D eigenvalue weighted by Gasteiger charge is -2.02. The van der Waals surface area contributed by atoms with E-state index in [1.165, 1.54) is 6.20 Å². The lowest BCUT2D eigenvalue weighted by Crippen LogP contribution is -2.07. The molecule has 0 spiro atoms. The Labute approximate surface area is 80.9 Å². The molecular weight excluding hydrogens is 192 g/mol. The highest BCUT2D eigenvalue weighted by atomic mass is 35.5. The van der Waals surface area contributed by atoms with Gasteiger partial charge in [-0.3, -0.25) is 0 Å². The van der Waals surface area contributed by atoms with E-state index >= 15 is 0 Å². The van der Waals surface area contributed by atoms with Gasteiger partial charge in [-0.25, -0.2) is 14.8 Å². The number of ether oxygens (including phenoxy) is 1. The van der Waals surface area contributed by atoms with Crippen LogP contribution in [0, 0.1) is 6.92 Å². The molecule has 0 radical (unpaired) electrons. The van der Waals surface area contributed by atoms with Crippen molar-refractivity contribution in [1.29, 1.82) is 0 Å². The molecule has 1 aromatic rings. The summed E-state index contributed by atoms with van der Waals surface area (Å²) < 4.78 is 4.75. The normalized spacial score (nSPS) is 9.77. The molecule has 0 saturated heterocycles. The maximum absolute atomic E-state index is 11.2. The molecule has 13 heavy (non-hydrogen) atoms. The zero-order valence-electron chi connectivity index (χ0n) is 7.37. The fourth-order valence-electron chi connectivity index (χ4n) is 0.788. The second kappa shape index (κ2) is 4.18. The topological polar surface area (TPSA) is 52.1 Å². The zero-order chi connectivity index (χ0) is 9.84. The van der Waals surface area contributed by atoms with Gasteiger partial charge >= 0.3 is 5.97 Å². The molecule has 0 unspecified atom stereocenters. The average molecular weight is 201 g/mol. The van der Waals surface area contributed by atoms with Crippen molar-refractivity contribution in [3.05, 3.63) is 22.7 Å². The molecule has 70 valence electrons. The van der Waals surface area contributed by atoms with Gasteiger partial charge in [-0.15, -0.1) is 0 Å². The number of carbonyl (C=O) groups is 1. The van der Waals surface area contributed by atoms with Crippen molar-refractivity contribution in [1.82, 2.24) is 9.97 Å². The molecule has 1 aromatic heterocycles. The predicted octanol–water partition coefficient (Wildman–Crippen LogP) is 1.62. The first-order valence-electron chi connectivity index (χ1n) is 3.81. The summed E-state index contributed by atoms with van der Waals surface area (Å²) in [5, 5.41) is 0.131. The van der Waals surface area contributed by atoms with Crippen molar-refractivity contribution in [3.63, 3.8) is 0 Å². The second-order valence-electron chi connectivity index (χ2n) is 2.34. The summed E-state index contributed by atoms with van der Waals surface area (Å²) in [5.74, 6) is 0.0329. The Hall–Kier alpha value is -1.16. The van der Waals surface area contributed by atoms with Crippen LogP contribution < -0.4 is 0 Å². The van der Waals surface area contributed by atoms with Gasteiger partial charge in [0.1, 0.15) is 16.5 Å². The van der Waals surface area contributed by atoms with Gasteiger partial charge in [0.2, 0.25) is 0 Å². The van der Waals surface area contributed by atoms with Gasteiger partial charge in [-0.05, 0) is 13.8 Å². The summed E-state index contributed by atoms with van der Waals surface area (Å²) in [5.41, 5.74) is 0.203. The van der Waals surface area contributed by atoms with Crippen LogP contribution in [-0.4, -0.2) is 22.5 Å². The number of hydrogen-bond acceptors (Lipinski definition) is 4. The van der Waals surface area contributed by atoms with Crippen LogP contribution in [0.5, 0.6) is 0 Å². The average Bonchev–Trinajstić information content (AvgIpc) is 2.04. The number of rotatable bonds is 2. The van der Waals surface area contributed by atoms with Crippen molar-refractivity contribution in [2.75, 3.05) is 6.61 Å². The number of esters is 1. The minimum Gasteiger partial charge on any atom is -0.462 e. The molecular formula is C8H9ClN2O2. The first kappa shape index (κ1) is 9.92. The highest BCUT2D eigenvalue weighted by molar-refractivity contribution is 6.32. The van der Waals surface area contributed by atoms with E-state index in [1.54, 1.807) is 13.8 Å². The van der Waals surface area contributed by atoms with Crippen LogP contribution in [0.25, 0.3) is 0 Å². The van der Waals surface area contributed by atoms with Gasteiger partial charge < -0.3 is 4.74 Å². The maximum Gasteiger partial charge on any atom is 0.342 e. The summed E-state index contributed by atoms with van der Waals surface area (Å²) in [6, 6.07) is 0. The van der Waals surface area contributed by atoms with Crippen molar-refractivity contribution < 1.29 is 9.53 Å². The molecule has 0 aliphatic rings. The lowest BCUT2D eigenvalue weighted by atomic mass is 10.3. The largest absolute Gasteiger partial charge is 0.462 e. The lowest BCUT2D eigenvalue weighted by molar-refractivity contribution is 0.0525. The molecule has 0 amide bonds. The number of hydrogen-bond donors (Lipinski definition) is 0. The third-order valence-corrected chi connectivity index (χ3v) is 1.65. The Morgan fingerprint density at radius 2 is 2.38 bits per heavy atom. The van der Waals surface area contributed by atoms with Crippen LogP contribution in [0.2, 0.25) is 5.15 Å². The number of aryl methyl sites for hydroxylation is 1. The van der Waals surface area contributed by atoms with Crippen LogP contribution in [0.3, 0.4) is 0 Å². The number of nitrogens with zero attached hydrogens (tertiary/aromatic N) is 2. The van der Waals surface area contributed by atoms with E-state index in [9.17, 15) is 4.79 Å². The number of aromatic nitrogens is 2. The Balaban J connectivity index is 2.95. The van der Waals surface area contributed by atoms with Crippen molar-refractivity contribution in [3.8, 4) is 0 Å². The summed E-state index contributed by atoms with van der Waals surface area (Å²) in [4.78, 5) is 18.9. The summed E-state index contributed by atoms with van der Waals surface area (Å²) in [7, 11) is 0. The summed E-state index contributed by atoms with van der Waals surface area (Å²) in [6.45, 7) is 3.73. The van der Waals surface area contributed by atoms with Crippen LogP contribution in [0.4, 0.5) is 0 Å². The Bertz CT molecular complexity index is 328. The minimum absolute atomic E-state index is 0.131. The SMILES string of the molecule is CCOC(=O)c1cnc(C)nc1Cl. The molecule has 0 aliphatic heterocycles. The molecule has 5 heteroatoms. The molecule has 0 fully saturated rings. The van der Waals surface area contributed by atoms with Crippen molar-refractivity contribution in [2.45, 2.75) is 13.8 Å². The van der Waals surface area contributed by atoms with E-state index in [2.05, 4.69) is 9.97 Å². The molecule has 0 aromatic carbocycles. The molecule has 1 rings (SSSR count). The van der Waals surface area contributed by atoms with E-state index in [0.717, 1.165) is 0 Å². The highest BCUT2D eigenvalue weighted by Crippen LogP contribution is 2.12. The Morgan fingerprint density at radius 1 is 1.69 bits per heavy atom. The van der Waals surface area contributed by atoms with E-state index in [1.807, 2.05) is 0 Å². The van der Waals surface area contributed by atoms with Crippen LogP contribution in [-0.2, 0) is 4.74 Å². The molecule has 1 heterocycles. The molecule has 0 N–H and O–H groups in total. The molecule has 0 bridgehead atoms. The standard InChI is InChI=1S/C8H9ClN2O2/c1-3-13-8(12)6-4-10-5(2)11-7(6)9/h4H,3H2,1-2H3. The van der Waals surface area contributed by atoms with Crippen LogP contribution in [0.1, 0.15) is 23.1 Å². The van der Waals surface area contributed by atoms with Gasteiger partial charge in [-0.1, -0.05) is 11.6 Å². The molecule has 0 aliphatic carbocycles. The monoisotopic (exact) mass is 200 g/mol. The van der Waals surface area contributed by atoms with E-state index in [0.29, 0.717) is 12.4 Å². The van der Waals surface area contributed by atoms with E-state index in [-0.39, 0.29) is 10.7 Å². The number of carbonyl (C=O) groups excluding carboxylic acids is 1. The van der Waals surface area contributed by atoms with Gasteiger partial charge in [0.15, 0.2) is 0 Å². The summed E-state index contributed by atoms with van der Waals surface area (Å²) >= 11 is 5.71. The predicted molar refractivity (Wildman–Crippen MR) is 47.7 cm³/mol. The van der Waals surface area contributed by atoms with E-state index < -0.39 is 5.97 Å². The van der Waals surface area contributed by atoms with E-state index in [4.69, 9.17) is 16.3 Å². The second-order valence-corrected chi connectivity index (χ2v) is 2.70. The quantitative estimate of drug-likeness (QED) is 0.538. The molecule has 4 nitrogen and oxygen atoms in total. The minimum atomic E-state index is -0.493. The first-order valence-corrected chi connectivity index (χ1v) is 4.19. The van der Waals surface area contributed by atoms with Gasteiger partial charge in [0, 0.05) is 6.20 Å². The highest BCUT2D eigenvalue weighted by Gasteiger charge is 2.12. The van der Waals surface area contributed by atoms with Gasteiger partial charge in [-0.2, -0.15) is 0 Å². The van der Waals surface area contributed by atoms with Crippen LogP contribution >= 0.6 is 11.6 Å². The first-order chi connectivity index (χ1) is 6.15. The van der Waals surface area contributed by atoms with Gasteiger partial charge in [0.25, 0.3) is 0 Å². The molecule has 0 saturated carbocycles. The fourth-order valence-corrected chi connectivity index (χ4v) is 1.04. The smallest absolute Gasteiger partial charge is 0.342 e.